The van der Waals surface area contributed by atoms with Gasteiger partial charge in [0.15, 0.2) is 0 Å². The van der Waals surface area contributed by atoms with Crippen molar-refractivity contribution in [1.82, 2.24) is 0 Å². The first-order chi connectivity index (χ1) is 4.62. The molecule has 58 valence electrons. The van der Waals surface area contributed by atoms with Crippen LogP contribution in [-0.2, 0) is 0 Å². The maximum absolute atomic E-state index is 2.41. The van der Waals surface area contributed by atoms with Crippen molar-refractivity contribution in [3.05, 3.63) is 0 Å². The zero-order chi connectivity index (χ0) is 7.24. The van der Waals surface area contributed by atoms with Gasteiger partial charge in [-0.1, -0.05) is 0 Å². The van der Waals surface area contributed by atoms with Gasteiger partial charge in [0.1, 0.15) is 39.3 Å². The average Bonchev–Trinajstić information content (AvgIpc) is 1.93. The van der Waals surface area contributed by atoms with Crippen LogP contribution in [0.3, 0.4) is 0 Å². The molecule has 2 bridgehead atoms. The zero-order valence-corrected chi connectivity index (χ0v) is 7.14. The Morgan fingerprint density at radius 3 is 1.00 bits per heavy atom. The lowest BCUT2D eigenvalue weighted by atomic mass is 10.1. The Morgan fingerprint density at radius 1 is 0.600 bits per heavy atom. The van der Waals surface area contributed by atoms with E-state index in [4.69, 9.17) is 0 Å². The van der Waals surface area contributed by atoms with Crippen LogP contribution in [0.2, 0.25) is 0 Å². The van der Waals surface area contributed by atoms with Crippen molar-refractivity contribution in [2.45, 2.75) is 0 Å². The first-order valence-electron chi connectivity index (χ1n) is 4.29. The van der Waals surface area contributed by atoms with Crippen LogP contribution >= 0.6 is 0 Å². The summed E-state index contributed by atoms with van der Waals surface area (Å²) in [7, 11) is 4.81. The van der Waals surface area contributed by atoms with E-state index in [-0.39, 0.29) is 0 Å². The molecule has 3 aliphatic rings. The Bertz CT molecular complexity index is 111. The van der Waals surface area contributed by atoms with E-state index in [0.29, 0.717) is 0 Å². The second-order valence-corrected chi connectivity index (χ2v) is 4.58. The minimum Gasteiger partial charge on any atom is -0.312 e. The molecule has 0 aliphatic carbocycles. The molecule has 10 heavy (non-hydrogen) atoms. The van der Waals surface area contributed by atoms with Gasteiger partial charge in [0.25, 0.3) is 0 Å². The molecule has 0 saturated carbocycles. The predicted octanol–water partition coefficient (Wildman–Crippen LogP) is -0.0932. The normalized spacial score (nSPS) is 53.4. The molecular weight excluding hydrogens is 124 g/mol. The minimum atomic E-state index is 1.36. The van der Waals surface area contributed by atoms with Crippen molar-refractivity contribution < 1.29 is 8.97 Å². The van der Waals surface area contributed by atoms with Crippen molar-refractivity contribution in [2.75, 3.05) is 53.4 Å². The summed E-state index contributed by atoms with van der Waals surface area (Å²) in [4.78, 5) is 0. The summed E-state index contributed by atoms with van der Waals surface area (Å²) in [5.74, 6) is 0. The molecular formula is C8H18N2+2. The SMILES string of the molecule is C[N@+]12CC[N@+](C)(CC1)CC2. The van der Waals surface area contributed by atoms with Gasteiger partial charge in [-0.3, -0.25) is 0 Å². The standard InChI is InChI=1S/C8H18N2/c1-9-3-6-10(2,7-4-9)8-5-9/h3-8H2,1-2H3/q+2/t9-,10+. The third-order valence-corrected chi connectivity index (χ3v) is 3.54. The van der Waals surface area contributed by atoms with Gasteiger partial charge in [0.2, 0.25) is 0 Å². The first kappa shape index (κ1) is 6.62. The van der Waals surface area contributed by atoms with Crippen molar-refractivity contribution in [2.24, 2.45) is 0 Å². The monoisotopic (exact) mass is 142 g/mol. The molecule has 0 N–H and O–H groups in total. The minimum absolute atomic E-state index is 1.36. The highest BCUT2D eigenvalue weighted by molar-refractivity contribution is 4.56. The molecule has 3 aliphatic heterocycles. The number of nitrogens with zero attached hydrogens (tertiary/aromatic N) is 2. The number of hydrogen-bond donors (Lipinski definition) is 0. The Kier molecular flexibility index (Phi) is 1.15. The van der Waals surface area contributed by atoms with Crippen LogP contribution in [0, 0.1) is 0 Å². The molecule has 0 aromatic heterocycles. The predicted molar refractivity (Wildman–Crippen MR) is 41.6 cm³/mol. The summed E-state index contributed by atoms with van der Waals surface area (Å²) >= 11 is 0. The highest BCUT2D eigenvalue weighted by Gasteiger charge is 2.43. The van der Waals surface area contributed by atoms with E-state index in [2.05, 4.69) is 14.1 Å². The summed E-state index contributed by atoms with van der Waals surface area (Å²) in [6.07, 6.45) is 0. The molecule has 3 fully saturated rings. The van der Waals surface area contributed by atoms with Gasteiger partial charge in [-0.15, -0.1) is 0 Å². The molecule has 3 heterocycles. The number of piperazine rings is 3. The summed E-state index contributed by atoms with van der Waals surface area (Å²) < 4.78 is 2.71. The van der Waals surface area contributed by atoms with E-state index in [1.54, 1.807) is 0 Å². The molecule has 0 radical (unpaired) electrons. The van der Waals surface area contributed by atoms with E-state index in [1.807, 2.05) is 0 Å². The number of quaternary nitrogens is 2. The summed E-state index contributed by atoms with van der Waals surface area (Å²) in [6, 6.07) is 0. The number of hydrogen-bond acceptors (Lipinski definition) is 0. The Morgan fingerprint density at radius 2 is 0.800 bits per heavy atom. The van der Waals surface area contributed by atoms with Gasteiger partial charge in [-0.2, -0.15) is 0 Å². The van der Waals surface area contributed by atoms with Gasteiger partial charge in [0, 0.05) is 0 Å². The zero-order valence-electron chi connectivity index (χ0n) is 7.14. The summed E-state index contributed by atoms with van der Waals surface area (Å²) in [6.45, 7) is 8.48. The second kappa shape index (κ2) is 1.74. The van der Waals surface area contributed by atoms with E-state index in [0.717, 1.165) is 0 Å². The third kappa shape index (κ3) is 0.867. The van der Waals surface area contributed by atoms with Crippen LogP contribution in [0.25, 0.3) is 0 Å². The van der Waals surface area contributed by atoms with E-state index < -0.39 is 0 Å². The van der Waals surface area contributed by atoms with E-state index >= 15 is 0 Å². The number of likely N-dealkylation sites (N-methyl/N-ethyl adjacent to an activating group) is 2. The molecule has 2 heteroatoms. The lowest BCUT2D eigenvalue weighted by Crippen LogP contribution is -2.72. The van der Waals surface area contributed by atoms with Crippen LogP contribution in [0.5, 0.6) is 0 Å². The Balaban J connectivity index is 2.16. The summed E-state index contributed by atoms with van der Waals surface area (Å²) in [5.41, 5.74) is 0. The highest BCUT2D eigenvalue weighted by atomic mass is 15.5. The highest BCUT2D eigenvalue weighted by Crippen LogP contribution is 2.21. The van der Waals surface area contributed by atoms with Gasteiger partial charge in [-0.05, 0) is 0 Å². The molecule has 0 aromatic rings. The fourth-order valence-electron chi connectivity index (χ4n) is 2.12. The lowest BCUT2D eigenvalue weighted by molar-refractivity contribution is -1.06. The van der Waals surface area contributed by atoms with Gasteiger partial charge in [0.05, 0.1) is 14.1 Å². The van der Waals surface area contributed by atoms with E-state index in [9.17, 15) is 0 Å². The molecule has 0 amide bonds. The third-order valence-electron chi connectivity index (χ3n) is 3.54. The second-order valence-electron chi connectivity index (χ2n) is 4.58. The number of rotatable bonds is 0. The van der Waals surface area contributed by atoms with Crippen molar-refractivity contribution >= 4 is 0 Å². The molecule has 3 saturated heterocycles. The molecule has 0 atom stereocenters. The van der Waals surface area contributed by atoms with Gasteiger partial charge in [-0.25, -0.2) is 0 Å². The molecule has 0 unspecified atom stereocenters. The van der Waals surface area contributed by atoms with Crippen LogP contribution in [0.1, 0.15) is 0 Å². The van der Waals surface area contributed by atoms with Crippen LogP contribution in [0.4, 0.5) is 0 Å². The molecule has 3 rings (SSSR count). The molecule has 0 spiro atoms. The lowest BCUT2D eigenvalue weighted by Gasteiger charge is -2.52. The van der Waals surface area contributed by atoms with Crippen LogP contribution in [0.15, 0.2) is 0 Å². The van der Waals surface area contributed by atoms with Gasteiger partial charge < -0.3 is 8.97 Å². The maximum atomic E-state index is 2.41. The van der Waals surface area contributed by atoms with E-state index in [1.165, 1.54) is 48.2 Å². The maximum Gasteiger partial charge on any atom is 0.129 e. The van der Waals surface area contributed by atoms with Crippen molar-refractivity contribution in [3.8, 4) is 0 Å². The smallest absolute Gasteiger partial charge is 0.129 e. The van der Waals surface area contributed by atoms with Gasteiger partial charge >= 0.3 is 0 Å². The topological polar surface area (TPSA) is 0 Å². The fraction of sp³-hybridized carbons (Fsp3) is 1.00. The first-order valence-corrected chi connectivity index (χ1v) is 4.29. The largest absolute Gasteiger partial charge is 0.312 e. The van der Waals surface area contributed by atoms with Crippen LogP contribution in [-0.4, -0.2) is 62.3 Å². The number of fused-ring (bicyclic) bond motifs is 3. The Hall–Kier alpha value is -0.0800. The molecule has 0 aromatic carbocycles. The molecule has 2 nitrogen and oxygen atoms in total. The van der Waals surface area contributed by atoms with Crippen molar-refractivity contribution in [1.29, 1.82) is 0 Å². The quantitative estimate of drug-likeness (QED) is 0.415. The Labute approximate surface area is 63.2 Å². The summed E-state index contributed by atoms with van der Waals surface area (Å²) in [5, 5.41) is 0. The fourth-order valence-corrected chi connectivity index (χ4v) is 2.12. The van der Waals surface area contributed by atoms with Crippen LogP contribution < -0.4 is 0 Å². The average molecular weight is 142 g/mol. The van der Waals surface area contributed by atoms with Crippen molar-refractivity contribution in [3.63, 3.8) is 0 Å².